The summed E-state index contributed by atoms with van der Waals surface area (Å²) in [7, 11) is 0. The summed E-state index contributed by atoms with van der Waals surface area (Å²) in [5.74, 6) is 0. The lowest BCUT2D eigenvalue weighted by Crippen LogP contribution is -2.60. The molecule has 3 rings (SSSR count). The lowest BCUT2D eigenvalue weighted by molar-refractivity contribution is -0.0798. The Morgan fingerprint density at radius 2 is 1.94 bits per heavy atom. The SMILES string of the molecule is NC(CO)C1(c2ccc3c(c2)CCCC3)COC1. The molecule has 1 aliphatic carbocycles. The second-order valence-electron chi connectivity index (χ2n) is 5.63. The molecule has 3 N–H and O–H groups in total. The molecule has 1 aromatic carbocycles. The third-order valence-electron chi connectivity index (χ3n) is 4.55. The molecule has 1 fully saturated rings. The molecule has 0 amide bonds. The Balaban J connectivity index is 1.96. The van der Waals surface area contributed by atoms with E-state index in [1.54, 1.807) is 0 Å². The van der Waals surface area contributed by atoms with Crippen LogP contribution in [0.3, 0.4) is 0 Å². The highest BCUT2D eigenvalue weighted by atomic mass is 16.5. The Bertz CT molecular complexity index is 440. The van der Waals surface area contributed by atoms with Crippen molar-refractivity contribution in [3.8, 4) is 0 Å². The molecule has 3 heteroatoms. The maximum Gasteiger partial charge on any atom is 0.0601 e. The van der Waals surface area contributed by atoms with Gasteiger partial charge in [0.1, 0.15) is 0 Å². The molecule has 0 spiro atoms. The van der Waals surface area contributed by atoms with E-state index in [1.165, 1.54) is 42.4 Å². The van der Waals surface area contributed by atoms with E-state index in [-0.39, 0.29) is 18.1 Å². The Morgan fingerprint density at radius 1 is 1.22 bits per heavy atom. The highest BCUT2D eigenvalue weighted by Crippen LogP contribution is 2.37. The van der Waals surface area contributed by atoms with Crippen molar-refractivity contribution in [2.45, 2.75) is 37.1 Å². The number of aliphatic hydroxyl groups excluding tert-OH is 1. The number of ether oxygens (including phenoxy) is 1. The third-order valence-corrected chi connectivity index (χ3v) is 4.55. The molecule has 1 aliphatic heterocycles. The van der Waals surface area contributed by atoms with Crippen LogP contribution in [0.2, 0.25) is 0 Å². The van der Waals surface area contributed by atoms with Gasteiger partial charge >= 0.3 is 0 Å². The summed E-state index contributed by atoms with van der Waals surface area (Å²) in [5, 5.41) is 9.35. The number of hydrogen-bond acceptors (Lipinski definition) is 3. The van der Waals surface area contributed by atoms with Crippen LogP contribution in [0.25, 0.3) is 0 Å². The number of aryl methyl sites for hydroxylation is 2. The highest BCUT2D eigenvalue weighted by Gasteiger charge is 2.45. The van der Waals surface area contributed by atoms with E-state index in [4.69, 9.17) is 10.5 Å². The summed E-state index contributed by atoms with van der Waals surface area (Å²) in [6.45, 7) is 1.28. The molecule has 1 saturated heterocycles. The van der Waals surface area contributed by atoms with Crippen LogP contribution in [-0.4, -0.2) is 31.0 Å². The topological polar surface area (TPSA) is 55.5 Å². The number of hydrogen-bond donors (Lipinski definition) is 2. The summed E-state index contributed by atoms with van der Waals surface area (Å²) in [6, 6.07) is 6.50. The summed E-state index contributed by atoms with van der Waals surface area (Å²) >= 11 is 0. The smallest absolute Gasteiger partial charge is 0.0601 e. The van der Waals surface area contributed by atoms with Crippen molar-refractivity contribution in [1.29, 1.82) is 0 Å². The van der Waals surface area contributed by atoms with Gasteiger partial charge in [-0.2, -0.15) is 0 Å². The van der Waals surface area contributed by atoms with E-state index >= 15 is 0 Å². The molecule has 18 heavy (non-hydrogen) atoms. The first kappa shape index (κ1) is 12.2. The molecule has 0 aromatic heterocycles. The minimum absolute atomic E-state index is 0.0143. The molecule has 2 aliphatic rings. The van der Waals surface area contributed by atoms with Crippen molar-refractivity contribution in [3.05, 3.63) is 34.9 Å². The van der Waals surface area contributed by atoms with Crippen molar-refractivity contribution in [3.63, 3.8) is 0 Å². The van der Waals surface area contributed by atoms with Gasteiger partial charge in [-0.25, -0.2) is 0 Å². The van der Waals surface area contributed by atoms with E-state index in [0.29, 0.717) is 13.2 Å². The minimum atomic E-state index is -0.229. The zero-order valence-corrected chi connectivity index (χ0v) is 10.7. The maximum atomic E-state index is 9.35. The minimum Gasteiger partial charge on any atom is -0.395 e. The molecule has 98 valence electrons. The maximum absolute atomic E-state index is 9.35. The average Bonchev–Trinajstić information content (AvgIpc) is 2.37. The van der Waals surface area contributed by atoms with Gasteiger partial charge in [0.2, 0.25) is 0 Å². The Hall–Kier alpha value is -0.900. The van der Waals surface area contributed by atoms with Crippen molar-refractivity contribution in [2.75, 3.05) is 19.8 Å². The Morgan fingerprint density at radius 3 is 2.56 bits per heavy atom. The van der Waals surface area contributed by atoms with Gasteiger partial charge in [-0.05, 0) is 42.4 Å². The third kappa shape index (κ3) is 1.78. The quantitative estimate of drug-likeness (QED) is 0.842. The monoisotopic (exact) mass is 247 g/mol. The first-order chi connectivity index (χ1) is 8.76. The number of nitrogens with two attached hydrogens (primary N) is 1. The number of rotatable bonds is 3. The fraction of sp³-hybridized carbons (Fsp3) is 0.600. The largest absolute Gasteiger partial charge is 0.395 e. The average molecular weight is 247 g/mol. The predicted molar refractivity (Wildman–Crippen MR) is 70.6 cm³/mol. The van der Waals surface area contributed by atoms with E-state index in [9.17, 15) is 5.11 Å². The van der Waals surface area contributed by atoms with Gasteiger partial charge in [-0.3, -0.25) is 0 Å². The normalized spacial score (nSPS) is 23.0. The van der Waals surface area contributed by atoms with E-state index < -0.39 is 0 Å². The number of fused-ring (bicyclic) bond motifs is 1. The molecule has 0 radical (unpaired) electrons. The molecule has 0 bridgehead atoms. The lowest BCUT2D eigenvalue weighted by atomic mass is 9.71. The van der Waals surface area contributed by atoms with E-state index in [1.807, 2.05) is 0 Å². The summed E-state index contributed by atoms with van der Waals surface area (Å²) in [6.07, 6.45) is 4.96. The fourth-order valence-electron chi connectivity index (χ4n) is 3.13. The molecular weight excluding hydrogens is 226 g/mol. The van der Waals surface area contributed by atoms with Crippen LogP contribution in [0, 0.1) is 0 Å². The second kappa shape index (κ2) is 4.65. The predicted octanol–water partition coefficient (Wildman–Crippen LogP) is 1.15. The van der Waals surface area contributed by atoms with Gasteiger partial charge in [-0.15, -0.1) is 0 Å². The molecular formula is C15H21NO2. The van der Waals surface area contributed by atoms with Crippen LogP contribution < -0.4 is 5.73 Å². The highest BCUT2D eigenvalue weighted by molar-refractivity contribution is 5.39. The van der Waals surface area contributed by atoms with Gasteiger partial charge in [0.25, 0.3) is 0 Å². The molecule has 1 unspecified atom stereocenters. The Kier molecular flexibility index (Phi) is 3.14. The molecule has 1 atom stereocenters. The van der Waals surface area contributed by atoms with Crippen LogP contribution in [-0.2, 0) is 23.0 Å². The fourth-order valence-corrected chi connectivity index (χ4v) is 3.13. The van der Waals surface area contributed by atoms with Crippen molar-refractivity contribution in [2.24, 2.45) is 5.73 Å². The van der Waals surface area contributed by atoms with Crippen LogP contribution >= 0.6 is 0 Å². The van der Waals surface area contributed by atoms with Crippen LogP contribution in [0.1, 0.15) is 29.5 Å². The van der Waals surface area contributed by atoms with Crippen molar-refractivity contribution < 1.29 is 9.84 Å². The van der Waals surface area contributed by atoms with E-state index in [0.717, 1.165) is 0 Å². The first-order valence-electron chi connectivity index (χ1n) is 6.83. The van der Waals surface area contributed by atoms with Gasteiger partial charge in [0.15, 0.2) is 0 Å². The van der Waals surface area contributed by atoms with Crippen LogP contribution in [0.5, 0.6) is 0 Å². The summed E-state index contributed by atoms with van der Waals surface area (Å²) in [5.41, 5.74) is 10.1. The molecule has 1 aromatic rings. The van der Waals surface area contributed by atoms with Crippen LogP contribution in [0.4, 0.5) is 0 Å². The van der Waals surface area contributed by atoms with E-state index in [2.05, 4.69) is 18.2 Å². The van der Waals surface area contributed by atoms with Gasteiger partial charge in [0.05, 0.1) is 25.2 Å². The van der Waals surface area contributed by atoms with Crippen LogP contribution in [0.15, 0.2) is 18.2 Å². The second-order valence-corrected chi connectivity index (χ2v) is 5.63. The Labute approximate surface area is 108 Å². The first-order valence-corrected chi connectivity index (χ1v) is 6.83. The van der Waals surface area contributed by atoms with Crippen molar-refractivity contribution >= 4 is 0 Å². The molecule has 0 saturated carbocycles. The summed E-state index contributed by atoms with van der Waals surface area (Å²) in [4.78, 5) is 0. The number of aliphatic hydroxyl groups is 1. The van der Waals surface area contributed by atoms with Gasteiger partial charge < -0.3 is 15.6 Å². The zero-order valence-electron chi connectivity index (χ0n) is 10.7. The van der Waals surface area contributed by atoms with Gasteiger partial charge in [0, 0.05) is 6.04 Å². The zero-order chi connectivity index (χ0) is 12.6. The summed E-state index contributed by atoms with van der Waals surface area (Å²) < 4.78 is 5.37. The number of benzene rings is 1. The lowest BCUT2D eigenvalue weighted by Gasteiger charge is -2.46. The molecule has 3 nitrogen and oxygen atoms in total. The van der Waals surface area contributed by atoms with Gasteiger partial charge in [-0.1, -0.05) is 18.2 Å². The molecule has 1 heterocycles. The van der Waals surface area contributed by atoms with Crippen molar-refractivity contribution in [1.82, 2.24) is 0 Å². The standard InChI is InChI=1S/C15H21NO2/c16-14(8-17)15(9-18-10-15)13-6-5-11-3-1-2-4-12(11)7-13/h5-7,14,17H,1-4,8-10,16H2.